The van der Waals surface area contributed by atoms with Gasteiger partial charge in [0.2, 0.25) is 5.91 Å². The molecule has 3 rings (SSSR count). The Morgan fingerprint density at radius 3 is 2.75 bits per heavy atom. The van der Waals surface area contributed by atoms with Crippen LogP contribution < -0.4 is 10.1 Å². The molecule has 0 aliphatic rings. The zero-order valence-electron chi connectivity index (χ0n) is 13.8. The molecule has 2 aromatic carbocycles. The Kier molecular flexibility index (Phi) is 4.62. The Hall–Kier alpha value is -2.27. The number of hydrogen-bond acceptors (Lipinski definition) is 2. The van der Waals surface area contributed by atoms with E-state index in [0.29, 0.717) is 11.4 Å². The van der Waals surface area contributed by atoms with E-state index in [2.05, 4.69) is 37.9 Å². The third kappa shape index (κ3) is 3.04. The number of halogens is 1. The Labute approximate surface area is 149 Å². The van der Waals surface area contributed by atoms with E-state index in [1.165, 1.54) is 0 Å². The van der Waals surface area contributed by atoms with Gasteiger partial charge in [0.25, 0.3) is 0 Å². The molecule has 1 atom stereocenters. The molecular formula is C19H19BrN2O2. The molecule has 1 N–H and O–H groups in total. The fraction of sp³-hybridized carbons (Fsp3) is 0.211. The standard InChI is InChI=1S/C19H19BrN2O2/c1-12(15-11-22(2)17-7-5-4-6-14(15)17)19(23)21-16-9-8-13(20)10-18(16)24-3/h4-12H,1-3H3,(H,21,23). The number of para-hydroxylation sites is 1. The van der Waals surface area contributed by atoms with E-state index < -0.39 is 0 Å². The summed E-state index contributed by atoms with van der Waals surface area (Å²) in [5, 5.41) is 4.07. The lowest BCUT2D eigenvalue weighted by Gasteiger charge is -2.14. The second-order valence-electron chi connectivity index (χ2n) is 5.77. The summed E-state index contributed by atoms with van der Waals surface area (Å²) in [5.74, 6) is 0.291. The summed E-state index contributed by atoms with van der Waals surface area (Å²) in [6, 6.07) is 13.6. The lowest BCUT2D eigenvalue weighted by molar-refractivity contribution is -0.117. The van der Waals surface area contributed by atoms with Crippen LogP contribution in [0.2, 0.25) is 0 Å². The van der Waals surface area contributed by atoms with Crippen LogP contribution in [0.25, 0.3) is 10.9 Å². The number of methoxy groups -OCH3 is 1. The maximum Gasteiger partial charge on any atom is 0.231 e. The Morgan fingerprint density at radius 2 is 2.00 bits per heavy atom. The summed E-state index contributed by atoms with van der Waals surface area (Å²) in [6.07, 6.45) is 2.02. The fourth-order valence-electron chi connectivity index (χ4n) is 2.87. The monoisotopic (exact) mass is 386 g/mol. The number of nitrogens with one attached hydrogen (secondary N) is 1. The Bertz CT molecular complexity index is 902. The predicted octanol–water partition coefficient (Wildman–Crippen LogP) is 4.69. The number of aryl methyl sites for hydroxylation is 1. The Balaban J connectivity index is 1.90. The van der Waals surface area contributed by atoms with Crippen molar-refractivity contribution in [1.82, 2.24) is 4.57 Å². The molecule has 4 nitrogen and oxygen atoms in total. The summed E-state index contributed by atoms with van der Waals surface area (Å²) in [4.78, 5) is 12.7. The van der Waals surface area contributed by atoms with Gasteiger partial charge < -0.3 is 14.6 Å². The number of rotatable bonds is 4. The first-order chi connectivity index (χ1) is 11.5. The molecular weight excluding hydrogens is 368 g/mol. The minimum Gasteiger partial charge on any atom is -0.495 e. The van der Waals surface area contributed by atoms with Gasteiger partial charge in [-0.15, -0.1) is 0 Å². The molecule has 0 aliphatic carbocycles. The number of amides is 1. The number of aromatic nitrogens is 1. The number of carbonyl (C=O) groups excluding carboxylic acids is 1. The minimum absolute atomic E-state index is 0.0630. The van der Waals surface area contributed by atoms with Crippen molar-refractivity contribution in [2.24, 2.45) is 7.05 Å². The highest BCUT2D eigenvalue weighted by molar-refractivity contribution is 9.10. The lowest BCUT2D eigenvalue weighted by atomic mass is 9.99. The molecule has 124 valence electrons. The van der Waals surface area contributed by atoms with Crippen molar-refractivity contribution in [2.75, 3.05) is 12.4 Å². The number of benzene rings is 2. The normalized spacial score (nSPS) is 12.2. The number of nitrogens with zero attached hydrogens (tertiary/aromatic N) is 1. The highest BCUT2D eigenvalue weighted by Crippen LogP contribution is 2.31. The molecule has 3 aromatic rings. The third-order valence-corrected chi connectivity index (χ3v) is 4.70. The molecule has 1 unspecified atom stereocenters. The second kappa shape index (κ2) is 6.69. The molecule has 1 heterocycles. The van der Waals surface area contributed by atoms with Crippen LogP contribution in [0.15, 0.2) is 53.1 Å². The van der Waals surface area contributed by atoms with Gasteiger partial charge in [-0.3, -0.25) is 4.79 Å². The van der Waals surface area contributed by atoms with Crippen molar-refractivity contribution in [3.05, 3.63) is 58.7 Å². The number of ether oxygens (including phenoxy) is 1. The molecule has 0 spiro atoms. The van der Waals surface area contributed by atoms with Gasteiger partial charge in [0, 0.05) is 28.6 Å². The zero-order chi connectivity index (χ0) is 17.3. The van der Waals surface area contributed by atoms with Crippen molar-refractivity contribution in [2.45, 2.75) is 12.8 Å². The van der Waals surface area contributed by atoms with Gasteiger partial charge in [0.1, 0.15) is 5.75 Å². The van der Waals surface area contributed by atoms with Gasteiger partial charge in [-0.25, -0.2) is 0 Å². The van der Waals surface area contributed by atoms with E-state index in [9.17, 15) is 4.79 Å². The summed E-state index contributed by atoms with van der Waals surface area (Å²) in [5.41, 5.74) is 2.80. The van der Waals surface area contributed by atoms with Crippen LogP contribution >= 0.6 is 15.9 Å². The molecule has 1 amide bonds. The molecule has 24 heavy (non-hydrogen) atoms. The van der Waals surface area contributed by atoms with E-state index in [-0.39, 0.29) is 11.8 Å². The number of hydrogen-bond donors (Lipinski definition) is 1. The number of anilines is 1. The van der Waals surface area contributed by atoms with Crippen LogP contribution in [-0.2, 0) is 11.8 Å². The summed E-state index contributed by atoms with van der Waals surface area (Å²) < 4.78 is 8.29. The van der Waals surface area contributed by atoms with Gasteiger partial charge in [-0.05, 0) is 36.8 Å². The largest absolute Gasteiger partial charge is 0.495 e. The molecule has 0 bridgehead atoms. The van der Waals surface area contributed by atoms with E-state index >= 15 is 0 Å². The van der Waals surface area contributed by atoms with E-state index in [4.69, 9.17) is 4.74 Å². The quantitative estimate of drug-likeness (QED) is 0.706. The first-order valence-corrected chi connectivity index (χ1v) is 8.49. The minimum atomic E-state index is -0.274. The van der Waals surface area contributed by atoms with E-state index in [1.54, 1.807) is 7.11 Å². The number of carbonyl (C=O) groups is 1. The molecule has 0 saturated heterocycles. The highest BCUT2D eigenvalue weighted by atomic mass is 79.9. The molecule has 0 aliphatic heterocycles. The maximum absolute atomic E-state index is 12.7. The van der Waals surface area contributed by atoms with Gasteiger partial charge in [-0.1, -0.05) is 34.1 Å². The summed E-state index contributed by atoms with van der Waals surface area (Å²) in [6.45, 7) is 1.92. The van der Waals surface area contributed by atoms with Crippen LogP contribution in [0, 0.1) is 0 Å². The van der Waals surface area contributed by atoms with Crippen molar-refractivity contribution >= 4 is 38.4 Å². The molecule has 1 aromatic heterocycles. The number of fused-ring (bicyclic) bond motifs is 1. The van der Waals surface area contributed by atoms with Crippen molar-refractivity contribution in [3.8, 4) is 5.75 Å². The van der Waals surface area contributed by atoms with Crippen molar-refractivity contribution < 1.29 is 9.53 Å². The van der Waals surface area contributed by atoms with Crippen molar-refractivity contribution in [3.63, 3.8) is 0 Å². The highest BCUT2D eigenvalue weighted by Gasteiger charge is 2.20. The molecule has 0 radical (unpaired) electrons. The third-order valence-electron chi connectivity index (χ3n) is 4.21. The smallest absolute Gasteiger partial charge is 0.231 e. The van der Waals surface area contributed by atoms with Crippen LogP contribution in [0.5, 0.6) is 5.75 Å². The fourth-order valence-corrected chi connectivity index (χ4v) is 3.21. The lowest BCUT2D eigenvalue weighted by Crippen LogP contribution is -2.19. The summed E-state index contributed by atoms with van der Waals surface area (Å²) in [7, 11) is 3.58. The topological polar surface area (TPSA) is 43.3 Å². The van der Waals surface area contributed by atoms with E-state index in [0.717, 1.165) is 20.9 Å². The van der Waals surface area contributed by atoms with Crippen LogP contribution in [0.4, 0.5) is 5.69 Å². The van der Waals surface area contributed by atoms with Crippen LogP contribution in [0.3, 0.4) is 0 Å². The molecule has 5 heteroatoms. The van der Waals surface area contributed by atoms with Gasteiger partial charge in [-0.2, -0.15) is 0 Å². The van der Waals surface area contributed by atoms with Gasteiger partial charge in [0.15, 0.2) is 0 Å². The summed E-state index contributed by atoms with van der Waals surface area (Å²) >= 11 is 3.40. The molecule has 0 fully saturated rings. The first kappa shape index (κ1) is 16.6. The van der Waals surface area contributed by atoms with Gasteiger partial charge >= 0.3 is 0 Å². The average Bonchev–Trinajstić information content (AvgIpc) is 2.93. The maximum atomic E-state index is 12.7. The second-order valence-corrected chi connectivity index (χ2v) is 6.68. The zero-order valence-corrected chi connectivity index (χ0v) is 15.4. The van der Waals surface area contributed by atoms with Crippen LogP contribution in [-0.4, -0.2) is 17.6 Å². The average molecular weight is 387 g/mol. The first-order valence-electron chi connectivity index (χ1n) is 7.69. The SMILES string of the molecule is COc1cc(Br)ccc1NC(=O)C(C)c1cn(C)c2ccccc12. The van der Waals surface area contributed by atoms with Gasteiger partial charge in [0.05, 0.1) is 18.7 Å². The van der Waals surface area contributed by atoms with Crippen LogP contribution in [0.1, 0.15) is 18.4 Å². The van der Waals surface area contributed by atoms with E-state index in [1.807, 2.05) is 50.5 Å². The molecule has 0 saturated carbocycles. The Morgan fingerprint density at radius 1 is 1.25 bits per heavy atom. The predicted molar refractivity (Wildman–Crippen MR) is 101 cm³/mol. The van der Waals surface area contributed by atoms with Crippen molar-refractivity contribution in [1.29, 1.82) is 0 Å².